The fourth-order valence-electron chi connectivity index (χ4n) is 6.97. The Labute approximate surface area is 245 Å². The summed E-state index contributed by atoms with van der Waals surface area (Å²) < 4.78 is 13.6. The van der Waals surface area contributed by atoms with Crippen molar-refractivity contribution in [2.75, 3.05) is 32.7 Å². The van der Waals surface area contributed by atoms with Gasteiger partial charge >= 0.3 is 6.03 Å². The van der Waals surface area contributed by atoms with Gasteiger partial charge in [0.25, 0.3) is 0 Å². The number of amides is 4. The second-order valence-electron chi connectivity index (χ2n) is 13.3. The van der Waals surface area contributed by atoms with Crippen molar-refractivity contribution in [2.24, 2.45) is 11.3 Å². The first-order chi connectivity index (χ1) is 19.5. The molecule has 2 atom stereocenters. The first-order valence-corrected chi connectivity index (χ1v) is 15.7. The molecule has 2 aliphatic heterocycles. The monoisotopic (exact) mass is 571 g/mol. The van der Waals surface area contributed by atoms with Crippen LogP contribution in [0.2, 0.25) is 0 Å². The minimum Gasteiger partial charge on any atom is -0.351 e. The van der Waals surface area contributed by atoms with E-state index in [1.807, 2.05) is 30.6 Å². The molecular weight excluding hydrogens is 521 g/mol. The van der Waals surface area contributed by atoms with Crippen LogP contribution >= 0.6 is 0 Å². The first kappa shape index (κ1) is 31.3. The van der Waals surface area contributed by atoms with E-state index < -0.39 is 11.5 Å². The average molecular weight is 572 g/mol. The average Bonchev–Trinajstić information content (AvgIpc) is 2.97. The van der Waals surface area contributed by atoms with Gasteiger partial charge in [0.15, 0.2) is 0 Å². The van der Waals surface area contributed by atoms with E-state index >= 15 is 0 Å². The molecule has 0 aromatic heterocycles. The number of nitrogens with zero attached hydrogens (tertiary/aromatic N) is 2. The molecule has 0 bridgehead atoms. The van der Waals surface area contributed by atoms with Gasteiger partial charge in [-0.15, -0.1) is 0 Å². The summed E-state index contributed by atoms with van der Waals surface area (Å²) in [4.78, 5) is 44.9. The molecule has 1 aromatic rings. The van der Waals surface area contributed by atoms with Crippen LogP contribution < -0.4 is 16.0 Å². The SMILES string of the molecule is CC[C@H]1CNCCN1C(=O)N[C@H](Cc1ccc(F)cc1)C(=O)N1CCC(C(=O)NC(C)(C)C)(C2CCCCC2)CC1. The zero-order valence-corrected chi connectivity index (χ0v) is 25.4. The van der Waals surface area contributed by atoms with Crippen LogP contribution in [-0.4, -0.2) is 78.0 Å². The van der Waals surface area contributed by atoms with Gasteiger partial charge in [-0.3, -0.25) is 9.59 Å². The highest BCUT2D eigenvalue weighted by atomic mass is 19.1. The van der Waals surface area contributed by atoms with E-state index in [0.29, 0.717) is 44.9 Å². The Kier molecular flexibility index (Phi) is 10.3. The molecule has 0 radical (unpaired) electrons. The lowest BCUT2D eigenvalue weighted by molar-refractivity contribution is -0.147. The summed E-state index contributed by atoms with van der Waals surface area (Å²) in [6.45, 7) is 11.1. The van der Waals surface area contributed by atoms with E-state index in [1.54, 1.807) is 12.1 Å². The highest BCUT2D eigenvalue weighted by molar-refractivity contribution is 5.88. The van der Waals surface area contributed by atoms with E-state index in [1.165, 1.54) is 18.6 Å². The number of carbonyl (C=O) groups excluding carboxylic acids is 3. The highest BCUT2D eigenvalue weighted by Gasteiger charge is 2.49. The number of piperidine rings is 1. The maximum Gasteiger partial charge on any atom is 0.318 e. The summed E-state index contributed by atoms with van der Waals surface area (Å²) in [6.07, 6.45) is 7.97. The summed E-state index contributed by atoms with van der Waals surface area (Å²) in [5, 5.41) is 9.64. The Morgan fingerprint density at radius 2 is 1.71 bits per heavy atom. The van der Waals surface area contributed by atoms with Gasteiger partial charge in [-0.05, 0) is 76.5 Å². The third kappa shape index (κ3) is 7.79. The first-order valence-electron chi connectivity index (χ1n) is 15.7. The number of hydrogen-bond donors (Lipinski definition) is 3. The Morgan fingerprint density at radius 3 is 2.32 bits per heavy atom. The molecule has 9 heteroatoms. The molecule has 0 unspecified atom stereocenters. The lowest BCUT2D eigenvalue weighted by Gasteiger charge is -2.48. The quantitative estimate of drug-likeness (QED) is 0.457. The maximum absolute atomic E-state index is 14.0. The van der Waals surface area contributed by atoms with Crippen molar-refractivity contribution in [2.45, 2.75) is 103 Å². The molecule has 3 fully saturated rings. The summed E-state index contributed by atoms with van der Waals surface area (Å²) in [6, 6.07) is 5.16. The molecule has 4 rings (SSSR count). The summed E-state index contributed by atoms with van der Waals surface area (Å²) in [5.74, 6) is -0.0380. The predicted molar refractivity (Wildman–Crippen MR) is 159 cm³/mol. The van der Waals surface area contributed by atoms with Gasteiger partial charge in [-0.2, -0.15) is 0 Å². The molecule has 3 aliphatic rings. The maximum atomic E-state index is 14.0. The Morgan fingerprint density at radius 1 is 1.05 bits per heavy atom. The van der Waals surface area contributed by atoms with Gasteiger partial charge in [-0.25, -0.2) is 9.18 Å². The van der Waals surface area contributed by atoms with Crippen molar-refractivity contribution in [1.82, 2.24) is 25.8 Å². The fraction of sp³-hybridized carbons (Fsp3) is 0.719. The summed E-state index contributed by atoms with van der Waals surface area (Å²) in [5.41, 5.74) is -0.0122. The van der Waals surface area contributed by atoms with Gasteiger partial charge < -0.3 is 25.8 Å². The van der Waals surface area contributed by atoms with Crippen LogP contribution in [0.1, 0.15) is 84.6 Å². The normalized spacial score (nSPS) is 22.6. The zero-order chi connectivity index (χ0) is 29.6. The van der Waals surface area contributed by atoms with Crippen LogP contribution in [0.3, 0.4) is 0 Å². The number of carbonyl (C=O) groups is 3. The molecule has 41 heavy (non-hydrogen) atoms. The Hall–Kier alpha value is -2.68. The van der Waals surface area contributed by atoms with Gasteiger partial charge in [0, 0.05) is 50.7 Å². The zero-order valence-electron chi connectivity index (χ0n) is 25.4. The van der Waals surface area contributed by atoms with Gasteiger partial charge in [0.1, 0.15) is 11.9 Å². The highest BCUT2D eigenvalue weighted by Crippen LogP contribution is 2.46. The van der Waals surface area contributed by atoms with Crippen molar-refractivity contribution in [1.29, 1.82) is 0 Å². The minimum absolute atomic E-state index is 0.0674. The fourth-order valence-corrected chi connectivity index (χ4v) is 6.97. The Bertz CT molecular complexity index is 1040. The van der Waals surface area contributed by atoms with Gasteiger partial charge in [0.2, 0.25) is 11.8 Å². The van der Waals surface area contributed by atoms with Crippen LogP contribution in [0.4, 0.5) is 9.18 Å². The molecular formula is C32H50FN5O3. The third-order valence-corrected chi connectivity index (χ3v) is 9.33. The van der Waals surface area contributed by atoms with E-state index in [0.717, 1.165) is 44.2 Å². The molecule has 0 spiro atoms. The lowest BCUT2D eigenvalue weighted by Crippen LogP contribution is -2.61. The molecule has 1 aromatic carbocycles. The molecule has 1 saturated carbocycles. The van der Waals surface area contributed by atoms with E-state index in [-0.39, 0.29) is 41.7 Å². The lowest BCUT2D eigenvalue weighted by atomic mass is 9.63. The number of likely N-dealkylation sites (tertiary alicyclic amines) is 1. The molecule has 2 heterocycles. The van der Waals surface area contributed by atoms with Crippen molar-refractivity contribution < 1.29 is 18.8 Å². The van der Waals surface area contributed by atoms with Crippen LogP contribution in [0.5, 0.6) is 0 Å². The number of piperazine rings is 1. The van der Waals surface area contributed by atoms with E-state index in [9.17, 15) is 18.8 Å². The summed E-state index contributed by atoms with van der Waals surface area (Å²) in [7, 11) is 0. The number of rotatable bonds is 7. The molecule has 2 saturated heterocycles. The number of nitrogens with one attached hydrogen (secondary N) is 3. The molecule has 228 valence electrons. The van der Waals surface area contributed by atoms with Crippen LogP contribution in [-0.2, 0) is 16.0 Å². The third-order valence-electron chi connectivity index (χ3n) is 9.33. The van der Waals surface area contributed by atoms with Gasteiger partial charge in [0.05, 0.1) is 5.41 Å². The largest absolute Gasteiger partial charge is 0.351 e. The molecule has 4 amide bonds. The van der Waals surface area contributed by atoms with E-state index in [2.05, 4.69) is 22.9 Å². The van der Waals surface area contributed by atoms with Crippen molar-refractivity contribution >= 4 is 17.8 Å². The standard InChI is InChI=1S/C32H50FN5O3/c1-5-26-22-34-17-20-38(26)30(41)35-27(21-23-11-13-25(33)14-12-23)28(39)37-18-15-32(16-19-37,24-9-7-6-8-10-24)29(40)36-31(2,3)4/h11-14,24,26-27,34H,5-10,15-22H2,1-4H3,(H,35,41)(H,36,40)/t26-,27+/m0/s1. The van der Waals surface area contributed by atoms with E-state index in [4.69, 9.17) is 0 Å². The van der Waals surface area contributed by atoms with Crippen molar-refractivity contribution in [3.8, 4) is 0 Å². The van der Waals surface area contributed by atoms with Crippen molar-refractivity contribution in [3.05, 3.63) is 35.6 Å². The molecule has 1 aliphatic carbocycles. The summed E-state index contributed by atoms with van der Waals surface area (Å²) >= 11 is 0. The second kappa shape index (κ2) is 13.5. The van der Waals surface area contributed by atoms with Crippen molar-refractivity contribution in [3.63, 3.8) is 0 Å². The second-order valence-corrected chi connectivity index (χ2v) is 13.3. The number of halogens is 1. The topological polar surface area (TPSA) is 93.8 Å². The number of hydrogen-bond acceptors (Lipinski definition) is 4. The smallest absolute Gasteiger partial charge is 0.318 e. The molecule has 8 nitrogen and oxygen atoms in total. The van der Waals surface area contributed by atoms with Crippen LogP contribution in [0, 0.1) is 17.2 Å². The molecule has 3 N–H and O–H groups in total. The number of urea groups is 1. The number of benzene rings is 1. The van der Waals surface area contributed by atoms with Crippen LogP contribution in [0.25, 0.3) is 0 Å². The predicted octanol–water partition coefficient (Wildman–Crippen LogP) is 4.23. The van der Waals surface area contributed by atoms with Gasteiger partial charge in [-0.1, -0.05) is 38.3 Å². The Balaban J connectivity index is 1.51. The minimum atomic E-state index is -0.772. The van der Waals surface area contributed by atoms with Crippen LogP contribution in [0.15, 0.2) is 24.3 Å².